The summed E-state index contributed by atoms with van der Waals surface area (Å²) >= 11 is 0. The molecule has 16 heavy (non-hydrogen) atoms. The molecule has 0 spiro atoms. The molecule has 96 valence electrons. The number of hydrogen-bond donors (Lipinski definition) is 1. The number of rotatable bonds is 7. The van der Waals surface area contributed by atoms with E-state index in [1.807, 2.05) is 6.92 Å². The van der Waals surface area contributed by atoms with Crippen molar-refractivity contribution < 1.29 is 9.47 Å². The van der Waals surface area contributed by atoms with E-state index in [-0.39, 0.29) is 0 Å². The van der Waals surface area contributed by atoms with E-state index in [1.165, 1.54) is 12.8 Å². The first-order chi connectivity index (χ1) is 7.63. The summed E-state index contributed by atoms with van der Waals surface area (Å²) in [6.45, 7) is 11.2. The summed E-state index contributed by atoms with van der Waals surface area (Å²) in [5.41, 5.74) is 0. The number of hydrogen-bond acceptors (Lipinski definition) is 3. The molecule has 0 saturated carbocycles. The van der Waals surface area contributed by atoms with Gasteiger partial charge >= 0.3 is 0 Å². The largest absolute Gasteiger partial charge is 0.380 e. The molecule has 0 aliphatic carbocycles. The van der Waals surface area contributed by atoms with Crippen LogP contribution < -0.4 is 5.32 Å². The second kappa shape index (κ2) is 7.25. The second-order valence-corrected chi connectivity index (χ2v) is 5.06. The van der Waals surface area contributed by atoms with Crippen LogP contribution in [0.1, 0.15) is 40.5 Å². The Kier molecular flexibility index (Phi) is 6.32. The van der Waals surface area contributed by atoms with Crippen LogP contribution in [0.5, 0.6) is 0 Å². The molecule has 1 aliphatic heterocycles. The summed E-state index contributed by atoms with van der Waals surface area (Å²) in [6.07, 6.45) is 3.23. The van der Waals surface area contributed by atoms with Crippen molar-refractivity contribution in [2.75, 3.05) is 19.8 Å². The van der Waals surface area contributed by atoms with Crippen LogP contribution in [-0.4, -0.2) is 38.0 Å². The third kappa shape index (κ3) is 4.81. The molecule has 3 nitrogen and oxygen atoms in total. The normalized spacial score (nSPS) is 27.6. The van der Waals surface area contributed by atoms with Crippen LogP contribution >= 0.6 is 0 Å². The fraction of sp³-hybridized carbons (Fsp3) is 1.00. The lowest BCUT2D eigenvalue weighted by atomic mass is 10.1. The van der Waals surface area contributed by atoms with Gasteiger partial charge in [0.2, 0.25) is 0 Å². The van der Waals surface area contributed by atoms with Gasteiger partial charge in [-0.1, -0.05) is 13.8 Å². The predicted molar refractivity (Wildman–Crippen MR) is 66.7 cm³/mol. The summed E-state index contributed by atoms with van der Waals surface area (Å²) < 4.78 is 11.3. The quantitative estimate of drug-likeness (QED) is 0.726. The van der Waals surface area contributed by atoms with E-state index in [1.54, 1.807) is 0 Å². The van der Waals surface area contributed by atoms with Crippen molar-refractivity contribution in [3.63, 3.8) is 0 Å². The minimum absolute atomic E-state index is 0.401. The van der Waals surface area contributed by atoms with Gasteiger partial charge in [-0.05, 0) is 32.6 Å². The van der Waals surface area contributed by atoms with Crippen molar-refractivity contribution in [2.45, 2.75) is 58.8 Å². The third-order valence-corrected chi connectivity index (χ3v) is 3.23. The van der Waals surface area contributed by atoms with Crippen LogP contribution in [0, 0.1) is 5.92 Å². The Morgan fingerprint density at radius 2 is 2.12 bits per heavy atom. The molecule has 1 N–H and O–H groups in total. The molecule has 1 aliphatic rings. The lowest BCUT2D eigenvalue weighted by molar-refractivity contribution is 0.0469. The summed E-state index contributed by atoms with van der Waals surface area (Å²) in [7, 11) is 0. The lowest BCUT2D eigenvalue weighted by Crippen LogP contribution is -2.42. The summed E-state index contributed by atoms with van der Waals surface area (Å²) in [6, 6.07) is 0.444. The summed E-state index contributed by atoms with van der Waals surface area (Å²) in [5, 5.41) is 3.57. The lowest BCUT2D eigenvalue weighted by Gasteiger charge is -2.24. The van der Waals surface area contributed by atoms with Gasteiger partial charge in [-0.3, -0.25) is 0 Å². The molecule has 0 aromatic rings. The maximum absolute atomic E-state index is 5.79. The van der Waals surface area contributed by atoms with Gasteiger partial charge in [0.15, 0.2) is 0 Å². The Morgan fingerprint density at radius 1 is 1.38 bits per heavy atom. The van der Waals surface area contributed by atoms with Gasteiger partial charge in [0.05, 0.1) is 18.8 Å². The first-order valence-electron chi connectivity index (χ1n) is 6.60. The van der Waals surface area contributed by atoms with Crippen LogP contribution in [-0.2, 0) is 9.47 Å². The van der Waals surface area contributed by atoms with E-state index in [2.05, 4.69) is 26.1 Å². The minimum atomic E-state index is 0.401. The average molecular weight is 229 g/mol. The van der Waals surface area contributed by atoms with Crippen LogP contribution in [0.3, 0.4) is 0 Å². The van der Waals surface area contributed by atoms with E-state index in [9.17, 15) is 0 Å². The molecule has 1 fully saturated rings. The standard InChI is InChI=1S/C13H27NO2/c1-5-15-9-13(10(2)3)14-8-12-7-6-11(4)16-12/h10-14H,5-9H2,1-4H3/t11-,12+,13-/m0/s1. The Balaban J connectivity index is 2.21. The van der Waals surface area contributed by atoms with Gasteiger partial charge in [0, 0.05) is 19.2 Å². The van der Waals surface area contributed by atoms with Crippen LogP contribution in [0.15, 0.2) is 0 Å². The Labute approximate surface area is 99.9 Å². The molecule has 0 radical (unpaired) electrons. The van der Waals surface area contributed by atoms with Crippen molar-refractivity contribution in [1.82, 2.24) is 5.32 Å². The summed E-state index contributed by atoms with van der Waals surface area (Å²) in [5.74, 6) is 0.602. The van der Waals surface area contributed by atoms with Crippen molar-refractivity contribution >= 4 is 0 Å². The number of ether oxygens (including phenoxy) is 2. The molecule has 3 heteroatoms. The fourth-order valence-corrected chi connectivity index (χ4v) is 2.05. The molecule has 3 atom stereocenters. The van der Waals surface area contributed by atoms with Gasteiger partial charge < -0.3 is 14.8 Å². The molecular formula is C13H27NO2. The first-order valence-corrected chi connectivity index (χ1v) is 6.60. The smallest absolute Gasteiger partial charge is 0.0704 e. The Morgan fingerprint density at radius 3 is 2.62 bits per heavy atom. The maximum Gasteiger partial charge on any atom is 0.0704 e. The van der Waals surface area contributed by atoms with Crippen molar-refractivity contribution in [2.24, 2.45) is 5.92 Å². The molecular weight excluding hydrogens is 202 g/mol. The second-order valence-electron chi connectivity index (χ2n) is 5.06. The van der Waals surface area contributed by atoms with Crippen molar-refractivity contribution in [3.8, 4) is 0 Å². The minimum Gasteiger partial charge on any atom is -0.380 e. The summed E-state index contributed by atoms with van der Waals surface area (Å²) in [4.78, 5) is 0. The fourth-order valence-electron chi connectivity index (χ4n) is 2.05. The zero-order valence-corrected chi connectivity index (χ0v) is 11.2. The van der Waals surface area contributed by atoms with E-state index >= 15 is 0 Å². The number of nitrogens with one attached hydrogen (secondary N) is 1. The van der Waals surface area contributed by atoms with Gasteiger partial charge in [0.25, 0.3) is 0 Å². The van der Waals surface area contributed by atoms with Gasteiger partial charge in [-0.25, -0.2) is 0 Å². The third-order valence-electron chi connectivity index (χ3n) is 3.23. The zero-order valence-electron chi connectivity index (χ0n) is 11.2. The molecule has 0 bridgehead atoms. The van der Waals surface area contributed by atoms with E-state index in [0.29, 0.717) is 24.2 Å². The highest BCUT2D eigenvalue weighted by molar-refractivity contribution is 4.77. The molecule has 0 aromatic heterocycles. The monoisotopic (exact) mass is 229 g/mol. The molecule has 0 unspecified atom stereocenters. The molecule has 0 amide bonds. The van der Waals surface area contributed by atoms with E-state index < -0.39 is 0 Å². The van der Waals surface area contributed by atoms with Crippen LogP contribution in [0.4, 0.5) is 0 Å². The van der Waals surface area contributed by atoms with Crippen molar-refractivity contribution in [1.29, 1.82) is 0 Å². The highest BCUT2D eigenvalue weighted by atomic mass is 16.5. The predicted octanol–water partition coefficient (Wildman–Crippen LogP) is 2.20. The molecule has 1 heterocycles. The van der Waals surface area contributed by atoms with Crippen molar-refractivity contribution in [3.05, 3.63) is 0 Å². The Hall–Kier alpha value is -0.120. The van der Waals surface area contributed by atoms with Gasteiger partial charge in [-0.15, -0.1) is 0 Å². The first kappa shape index (κ1) is 13.9. The molecule has 0 aromatic carbocycles. The van der Waals surface area contributed by atoms with Gasteiger partial charge in [0.1, 0.15) is 0 Å². The highest BCUT2D eigenvalue weighted by Crippen LogP contribution is 2.18. The van der Waals surface area contributed by atoms with E-state index in [4.69, 9.17) is 9.47 Å². The van der Waals surface area contributed by atoms with Crippen LogP contribution in [0.2, 0.25) is 0 Å². The Bertz CT molecular complexity index is 185. The molecule has 1 rings (SSSR count). The van der Waals surface area contributed by atoms with E-state index in [0.717, 1.165) is 19.8 Å². The molecule has 1 saturated heterocycles. The maximum atomic E-state index is 5.79. The highest BCUT2D eigenvalue weighted by Gasteiger charge is 2.23. The topological polar surface area (TPSA) is 30.5 Å². The SMILES string of the molecule is CCOC[C@H](NC[C@H]1CC[C@H](C)O1)C(C)C. The van der Waals surface area contributed by atoms with Crippen LogP contribution in [0.25, 0.3) is 0 Å². The zero-order chi connectivity index (χ0) is 12.0. The van der Waals surface area contributed by atoms with Gasteiger partial charge in [-0.2, -0.15) is 0 Å². The average Bonchev–Trinajstić information content (AvgIpc) is 2.64.